The first-order valence-corrected chi connectivity index (χ1v) is 14.6. The van der Waals surface area contributed by atoms with E-state index in [4.69, 9.17) is 4.74 Å². The van der Waals surface area contributed by atoms with Crippen LogP contribution in [0.4, 0.5) is 0 Å². The van der Waals surface area contributed by atoms with Gasteiger partial charge in [0.15, 0.2) is 5.78 Å². The molecule has 0 amide bonds. The van der Waals surface area contributed by atoms with Gasteiger partial charge in [-0.1, -0.05) is 123 Å². The third-order valence-electron chi connectivity index (χ3n) is 7.01. The first-order valence-electron chi connectivity index (χ1n) is 14.6. The standard InChI is InChI=1S/C31H54O3/c1-4-6-8-10-12-14-16-17-19-21-23-27-25-28(34-3)26-29(31(27)33)30(32)24-22-20-18-15-13-11-9-7-5-2/h25-26,33H,4-24H2,1-3H3. The van der Waals surface area contributed by atoms with Crippen molar-refractivity contribution in [2.45, 2.75) is 149 Å². The molecule has 0 aliphatic carbocycles. The zero-order valence-corrected chi connectivity index (χ0v) is 22.8. The van der Waals surface area contributed by atoms with E-state index < -0.39 is 0 Å². The van der Waals surface area contributed by atoms with Crippen molar-refractivity contribution in [1.82, 2.24) is 0 Å². The van der Waals surface area contributed by atoms with Gasteiger partial charge < -0.3 is 9.84 Å². The Morgan fingerprint density at radius 3 is 1.59 bits per heavy atom. The predicted molar refractivity (Wildman–Crippen MR) is 146 cm³/mol. The number of unbranched alkanes of at least 4 members (excludes halogenated alkanes) is 17. The summed E-state index contributed by atoms with van der Waals surface area (Å²) in [6.45, 7) is 4.51. The van der Waals surface area contributed by atoms with Crippen molar-refractivity contribution in [3.05, 3.63) is 23.3 Å². The van der Waals surface area contributed by atoms with Crippen LogP contribution in [-0.4, -0.2) is 18.0 Å². The van der Waals surface area contributed by atoms with E-state index in [9.17, 15) is 9.90 Å². The molecule has 0 saturated heterocycles. The lowest BCUT2D eigenvalue weighted by Crippen LogP contribution is -2.03. The zero-order chi connectivity index (χ0) is 24.9. The molecule has 0 spiro atoms. The molecule has 34 heavy (non-hydrogen) atoms. The highest BCUT2D eigenvalue weighted by Gasteiger charge is 2.16. The summed E-state index contributed by atoms with van der Waals surface area (Å²) in [4.78, 5) is 12.8. The number of rotatable bonds is 23. The fraction of sp³-hybridized carbons (Fsp3) is 0.774. The number of ether oxygens (including phenoxy) is 1. The van der Waals surface area contributed by atoms with Gasteiger partial charge in [-0.05, 0) is 37.0 Å². The average molecular weight is 475 g/mol. The average Bonchev–Trinajstić information content (AvgIpc) is 2.84. The Bertz CT molecular complexity index is 638. The molecule has 1 aromatic rings. The Morgan fingerprint density at radius 2 is 1.12 bits per heavy atom. The summed E-state index contributed by atoms with van der Waals surface area (Å²) in [6.07, 6.45) is 25.3. The molecule has 0 aliphatic heterocycles. The van der Waals surface area contributed by atoms with Crippen LogP contribution in [0.3, 0.4) is 0 Å². The molecule has 0 aromatic heterocycles. The van der Waals surface area contributed by atoms with Crippen LogP contribution in [0.5, 0.6) is 11.5 Å². The fourth-order valence-corrected chi connectivity index (χ4v) is 4.72. The molecule has 1 aromatic carbocycles. The van der Waals surface area contributed by atoms with Crippen LogP contribution in [0.2, 0.25) is 0 Å². The van der Waals surface area contributed by atoms with Gasteiger partial charge in [0.25, 0.3) is 0 Å². The molecule has 1 N–H and O–H groups in total. The molecular formula is C31H54O3. The van der Waals surface area contributed by atoms with Crippen molar-refractivity contribution >= 4 is 5.78 Å². The van der Waals surface area contributed by atoms with E-state index in [2.05, 4.69) is 13.8 Å². The molecule has 0 bridgehead atoms. The second kappa shape index (κ2) is 20.8. The molecule has 3 nitrogen and oxygen atoms in total. The second-order valence-electron chi connectivity index (χ2n) is 10.1. The number of carbonyl (C=O) groups excluding carboxylic acids is 1. The van der Waals surface area contributed by atoms with E-state index in [0.717, 1.165) is 31.2 Å². The quantitative estimate of drug-likeness (QED) is 0.127. The van der Waals surface area contributed by atoms with E-state index >= 15 is 0 Å². The number of hydrogen-bond acceptors (Lipinski definition) is 3. The largest absolute Gasteiger partial charge is 0.507 e. The smallest absolute Gasteiger partial charge is 0.166 e. The van der Waals surface area contributed by atoms with Gasteiger partial charge in [-0.2, -0.15) is 0 Å². The van der Waals surface area contributed by atoms with Gasteiger partial charge in [-0.3, -0.25) is 4.79 Å². The number of Topliss-reactive ketones (excluding diaryl/α,β-unsaturated/α-hetero) is 1. The van der Waals surface area contributed by atoms with Crippen LogP contribution in [0.1, 0.15) is 158 Å². The van der Waals surface area contributed by atoms with Crippen molar-refractivity contribution in [2.75, 3.05) is 7.11 Å². The maximum absolute atomic E-state index is 12.8. The highest BCUT2D eigenvalue weighted by atomic mass is 16.5. The number of aryl methyl sites for hydroxylation is 1. The van der Waals surface area contributed by atoms with Gasteiger partial charge in [0.05, 0.1) is 12.7 Å². The third-order valence-corrected chi connectivity index (χ3v) is 7.01. The number of methoxy groups -OCH3 is 1. The lowest BCUT2D eigenvalue weighted by atomic mass is 9.97. The number of benzene rings is 1. The molecule has 0 saturated carbocycles. The van der Waals surface area contributed by atoms with Crippen molar-refractivity contribution < 1.29 is 14.6 Å². The van der Waals surface area contributed by atoms with E-state index in [1.807, 2.05) is 6.07 Å². The number of hydrogen-bond donors (Lipinski definition) is 1. The Morgan fingerprint density at radius 1 is 0.676 bits per heavy atom. The van der Waals surface area contributed by atoms with Gasteiger partial charge >= 0.3 is 0 Å². The normalized spacial score (nSPS) is 11.1. The number of aromatic hydroxyl groups is 1. The maximum atomic E-state index is 12.8. The predicted octanol–water partition coefficient (Wildman–Crippen LogP) is 9.97. The first kappa shape index (κ1) is 30.5. The molecule has 1 rings (SSSR count). The number of carbonyl (C=O) groups is 1. The van der Waals surface area contributed by atoms with Gasteiger partial charge in [0.2, 0.25) is 0 Å². The van der Waals surface area contributed by atoms with Crippen molar-refractivity contribution in [3.8, 4) is 11.5 Å². The SMILES string of the molecule is CCCCCCCCCCCCc1cc(OC)cc(C(=O)CCCCCCCCCCC)c1O. The van der Waals surface area contributed by atoms with Crippen molar-refractivity contribution in [3.63, 3.8) is 0 Å². The van der Waals surface area contributed by atoms with Crippen LogP contribution in [-0.2, 0) is 6.42 Å². The van der Waals surface area contributed by atoms with E-state index in [-0.39, 0.29) is 11.5 Å². The summed E-state index contributed by atoms with van der Waals surface area (Å²) in [5, 5.41) is 10.8. The van der Waals surface area contributed by atoms with Gasteiger partial charge in [0.1, 0.15) is 11.5 Å². The van der Waals surface area contributed by atoms with Gasteiger partial charge in [0, 0.05) is 6.42 Å². The highest BCUT2D eigenvalue weighted by molar-refractivity contribution is 5.99. The lowest BCUT2D eigenvalue weighted by Gasteiger charge is -2.12. The first-order chi connectivity index (χ1) is 16.6. The summed E-state index contributed by atoms with van der Waals surface area (Å²) in [6, 6.07) is 3.62. The number of phenolic OH excluding ortho intramolecular Hbond substituents is 1. The minimum absolute atomic E-state index is 0.0451. The summed E-state index contributed by atoms with van der Waals surface area (Å²) in [5.41, 5.74) is 1.30. The molecule has 0 radical (unpaired) electrons. The summed E-state index contributed by atoms with van der Waals surface area (Å²) in [5.74, 6) is 0.900. The monoisotopic (exact) mass is 474 g/mol. The Labute approximate surface area is 211 Å². The van der Waals surface area contributed by atoms with Crippen LogP contribution < -0.4 is 4.74 Å². The Hall–Kier alpha value is -1.51. The third kappa shape index (κ3) is 14.0. The molecule has 0 unspecified atom stereocenters. The van der Waals surface area contributed by atoms with Gasteiger partial charge in [-0.15, -0.1) is 0 Å². The van der Waals surface area contributed by atoms with E-state index in [0.29, 0.717) is 17.7 Å². The highest BCUT2D eigenvalue weighted by Crippen LogP contribution is 2.31. The topological polar surface area (TPSA) is 46.5 Å². The minimum Gasteiger partial charge on any atom is -0.507 e. The van der Waals surface area contributed by atoms with Crippen molar-refractivity contribution in [2.24, 2.45) is 0 Å². The van der Waals surface area contributed by atoms with Crippen LogP contribution in [0.25, 0.3) is 0 Å². The molecule has 0 atom stereocenters. The number of ketones is 1. The molecule has 0 fully saturated rings. The molecule has 0 heterocycles. The summed E-state index contributed by atoms with van der Waals surface area (Å²) >= 11 is 0. The maximum Gasteiger partial charge on any atom is 0.166 e. The van der Waals surface area contributed by atoms with Crippen LogP contribution in [0.15, 0.2) is 12.1 Å². The zero-order valence-electron chi connectivity index (χ0n) is 22.8. The summed E-state index contributed by atoms with van der Waals surface area (Å²) in [7, 11) is 1.63. The molecule has 196 valence electrons. The lowest BCUT2D eigenvalue weighted by molar-refractivity contribution is 0.0976. The van der Waals surface area contributed by atoms with Crippen molar-refractivity contribution in [1.29, 1.82) is 0 Å². The van der Waals surface area contributed by atoms with Gasteiger partial charge in [-0.25, -0.2) is 0 Å². The molecular weight excluding hydrogens is 420 g/mol. The minimum atomic E-state index is 0.0451. The molecule has 0 aliphatic rings. The van der Waals surface area contributed by atoms with Crippen LogP contribution in [0, 0.1) is 0 Å². The van der Waals surface area contributed by atoms with E-state index in [1.165, 1.54) is 103 Å². The van der Waals surface area contributed by atoms with Crippen LogP contribution >= 0.6 is 0 Å². The van der Waals surface area contributed by atoms with E-state index in [1.54, 1.807) is 13.2 Å². The Kier molecular flexibility index (Phi) is 18.7. The Balaban J connectivity index is 2.34. The fourth-order valence-electron chi connectivity index (χ4n) is 4.72. The summed E-state index contributed by atoms with van der Waals surface area (Å²) < 4.78 is 5.43. The second-order valence-corrected chi connectivity index (χ2v) is 10.1. The molecule has 3 heteroatoms. The number of phenols is 1.